The minimum Gasteiger partial charge on any atom is -0.381 e. The average Bonchev–Trinajstić information content (AvgIpc) is 2.35. The Morgan fingerprint density at radius 2 is 1.79 bits per heavy atom. The van der Waals surface area contributed by atoms with Gasteiger partial charge in [-0.3, -0.25) is 4.79 Å². The van der Waals surface area contributed by atoms with Crippen LogP contribution in [-0.4, -0.2) is 5.91 Å². The number of amides is 1. The Morgan fingerprint density at radius 3 is 2.42 bits per heavy atom. The van der Waals surface area contributed by atoms with Crippen LogP contribution in [0, 0.1) is 0 Å². The SMILES string of the molecule is NC(=O)c1cccc(CNc2cc(Cl)cc(Cl)c2)c1. The maximum Gasteiger partial charge on any atom is 0.248 e. The lowest BCUT2D eigenvalue weighted by Crippen LogP contribution is -2.11. The van der Waals surface area contributed by atoms with E-state index < -0.39 is 5.91 Å². The molecule has 1 amide bonds. The number of benzene rings is 2. The Labute approximate surface area is 121 Å². The molecule has 0 atom stereocenters. The van der Waals surface area contributed by atoms with Crippen molar-refractivity contribution in [2.24, 2.45) is 5.73 Å². The number of primary amides is 1. The van der Waals surface area contributed by atoms with E-state index in [9.17, 15) is 4.79 Å². The first-order valence-electron chi connectivity index (χ1n) is 5.63. The fourth-order valence-electron chi connectivity index (χ4n) is 1.69. The van der Waals surface area contributed by atoms with Crippen molar-refractivity contribution in [2.75, 3.05) is 5.32 Å². The number of anilines is 1. The zero-order chi connectivity index (χ0) is 13.8. The highest BCUT2D eigenvalue weighted by atomic mass is 35.5. The lowest BCUT2D eigenvalue weighted by molar-refractivity contribution is 0.1000. The van der Waals surface area contributed by atoms with Gasteiger partial charge in [-0.1, -0.05) is 35.3 Å². The number of carbonyl (C=O) groups excluding carboxylic acids is 1. The van der Waals surface area contributed by atoms with E-state index in [0.29, 0.717) is 22.2 Å². The van der Waals surface area contributed by atoms with Crippen molar-refractivity contribution < 1.29 is 4.79 Å². The van der Waals surface area contributed by atoms with E-state index in [1.54, 1.807) is 36.4 Å². The van der Waals surface area contributed by atoms with Gasteiger partial charge in [0.25, 0.3) is 0 Å². The Bertz CT molecular complexity index is 594. The number of hydrogen-bond donors (Lipinski definition) is 2. The smallest absolute Gasteiger partial charge is 0.248 e. The van der Waals surface area contributed by atoms with Crippen molar-refractivity contribution in [3.8, 4) is 0 Å². The molecule has 0 unspecified atom stereocenters. The highest BCUT2D eigenvalue weighted by Crippen LogP contribution is 2.22. The van der Waals surface area contributed by atoms with Crippen LogP contribution in [-0.2, 0) is 6.54 Å². The van der Waals surface area contributed by atoms with Crippen LogP contribution in [0.5, 0.6) is 0 Å². The van der Waals surface area contributed by atoms with Crippen LogP contribution in [0.1, 0.15) is 15.9 Å². The zero-order valence-corrected chi connectivity index (χ0v) is 11.5. The molecule has 0 fully saturated rings. The first kappa shape index (κ1) is 13.7. The summed E-state index contributed by atoms with van der Waals surface area (Å²) < 4.78 is 0. The minimum absolute atomic E-state index is 0.437. The number of carbonyl (C=O) groups is 1. The molecule has 19 heavy (non-hydrogen) atoms. The standard InChI is InChI=1S/C14H12Cl2N2O/c15-11-5-12(16)7-13(6-11)18-8-9-2-1-3-10(4-9)14(17)19/h1-7,18H,8H2,(H2,17,19). The van der Waals surface area contributed by atoms with E-state index in [1.165, 1.54) is 0 Å². The lowest BCUT2D eigenvalue weighted by Gasteiger charge is -2.08. The number of hydrogen-bond acceptors (Lipinski definition) is 2. The summed E-state index contributed by atoms with van der Waals surface area (Å²) in [6, 6.07) is 12.4. The van der Waals surface area contributed by atoms with Crippen LogP contribution in [0.15, 0.2) is 42.5 Å². The van der Waals surface area contributed by atoms with Crippen molar-refractivity contribution in [3.05, 3.63) is 63.6 Å². The molecule has 3 N–H and O–H groups in total. The number of nitrogens with one attached hydrogen (secondary N) is 1. The summed E-state index contributed by atoms with van der Waals surface area (Å²) in [6.07, 6.45) is 0. The minimum atomic E-state index is -0.437. The molecule has 0 aliphatic rings. The first-order chi connectivity index (χ1) is 9.04. The van der Waals surface area contributed by atoms with Gasteiger partial charge in [-0.25, -0.2) is 0 Å². The van der Waals surface area contributed by atoms with Gasteiger partial charge in [-0.05, 0) is 35.9 Å². The topological polar surface area (TPSA) is 55.1 Å². The lowest BCUT2D eigenvalue weighted by atomic mass is 10.1. The third kappa shape index (κ3) is 3.88. The molecule has 98 valence electrons. The summed E-state index contributed by atoms with van der Waals surface area (Å²) in [4.78, 5) is 11.1. The summed E-state index contributed by atoms with van der Waals surface area (Å²) >= 11 is 11.8. The Kier molecular flexibility index (Phi) is 4.30. The molecule has 0 saturated heterocycles. The molecule has 0 aliphatic carbocycles. The predicted molar refractivity (Wildman–Crippen MR) is 78.7 cm³/mol. The van der Waals surface area contributed by atoms with Crippen LogP contribution >= 0.6 is 23.2 Å². The van der Waals surface area contributed by atoms with Gasteiger partial charge in [-0.2, -0.15) is 0 Å². The van der Waals surface area contributed by atoms with Crippen LogP contribution in [0.2, 0.25) is 10.0 Å². The summed E-state index contributed by atoms with van der Waals surface area (Å²) in [5, 5.41) is 4.33. The fourth-order valence-corrected chi connectivity index (χ4v) is 2.22. The van der Waals surface area contributed by atoms with Gasteiger partial charge in [-0.15, -0.1) is 0 Å². The average molecular weight is 295 g/mol. The van der Waals surface area contributed by atoms with Gasteiger partial charge in [0, 0.05) is 27.8 Å². The second-order valence-corrected chi connectivity index (χ2v) is 4.95. The summed E-state index contributed by atoms with van der Waals surface area (Å²) in [5.74, 6) is -0.437. The molecule has 0 radical (unpaired) electrons. The predicted octanol–water partition coefficient (Wildman–Crippen LogP) is 3.70. The maximum atomic E-state index is 11.1. The molecule has 3 nitrogen and oxygen atoms in total. The van der Waals surface area contributed by atoms with E-state index in [1.807, 2.05) is 6.07 Å². The maximum absolute atomic E-state index is 11.1. The van der Waals surface area contributed by atoms with E-state index in [-0.39, 0.29) is 0 Å². The molecular weight excluding hydrogens is 283 g/mol. The van der Waals surface area contributed by atoms with Gasteiger partial charge in [0.1, 0.15) is 0 Å². The Morgan fingerprint density at radius 1 is 1.11 bits per heavy atom. The normalized spacial score (nSPS) is 10.2. The second kappa shape index (κ2) is 5.95. The van der Waals surface area contributed by atoms with Gasteiger partial charge >= 0.3 is 0 Å². The van der Waals surface area contributed by atoms with Crippen LogP contribution in [0.25, 0.3) is 0 Å². The molecule has 2 aromatic rings. The summed E-state index contributed by atoms with van der Waals surface area (Å²) in [6.45, 7) is 0.553. The molecule has 0 bridgehead atoms. The number of nitrogens with two attached hydrogens (primary N) is 1. The third-order valence-electron chi connectivity index (χ3n) is 2.57. The van der Waals surface area contributed by atoms with E-state index in [0.717, 1.165) is 11.3 Å². The van der Waals surface area contributed by atoms with Crippen molar-refractivity contribution in [1.82, 2.24) is 0 Å². The van der Waals surface area contributed by atoms with Crippen molar-refractivity contribution in [2.45, 2.75) is 6.54 Å². The van der Waals surface area contributed by atoms with Crippen LogP contribution < -0.4 is 11.1 Å². The van der Waals surface area contributed by atoms with Crippen molar-refractivity contribution >= 4 is 34.8 Å². The van der Waals surface area contributed by atoms with Gasteiger partial charge < -0.3 is 11.1 Å². The van der Waals surface area contributed by atoms with E-state index >= 15 is 0 Å². The van der Waals surface area contributed by atoms with Crippen molar-refractivity contribution in [3.63, 3.8) is 0 Å². The molecule has 0 saturated carbocycles. The highest BCUT2D eigenvalue weighted by molar-refractivity contribution is 6.35. The molecule has 0 aliphatic heterocycles. The molecule has 0 aromatic heterocycles. The first-order valence-corrected chi connectivity index (χ1v) is 6.39. The van der Waals surface area contributed by atoms with Gasteiger partial charge in [0.15, 0.2) is 0 Å². The number of halogens is 2. The molecule has 0 heterocycles. The van der Waals surface area contributed by atoms with E-state index in [4.69, 9.17) is 28.9 Å². The molecular formula is C14H12Cl2N2O. The van der Waals surface area contributed by atoms with Gasteiger partial charge in [0.2, 0.25) is 5.91 Å². The largest absolute Gasteiger partial charge is 0.381 e. The monoisotopic (exact) mass is 294 g/mol. The number of rotatable bonds is 4. The molecule has 2 rings (SSSR count). The summed E-state index contributed by atoms with van der Waals surface area (Å²) in [7, 11) is 0. The highest BCUT2D eigenvalue weighted by Gasteiger charge is 2.02. The third-order valence-corrected chi connectivity index (χ3v) is 3.01. The second-order valence-electron chi connectivity index (χ2n) is 4.08. The summed E-state index contributed by atoms with van der Waals surface area (Å²) in [5.41, 5.74) is 7.50. The quantitative estimate of drug-likeness (QED) is 0.903. The van der Waals surface area contributed by atoms with Crippen LogP contribution in [0.4, 0.5) is 5.69 Å². The fraction of sp³-hybridized carbons (Fsp3) is 0.0714. The van der Waals surface area contributed by atoms with Gasteiger partial charge in [0.05, 0.1) is 0 Å². The zero-order valence-electron chi connectivity index (χ0n) is 9.99. The Balaban J connectivity index is 2.10. The van der Waals surface area contributed by atoms with Crippen molar-refractivity contribution in [1.29, 1.82) is 0 Å². The van der Waals surface area contributed by atoms with E-state index in [2.05, 4.69) is 5.32 Å². The van der Waals surface area contributed by atoms with Crippen LogP contribution in [0.3, 0.4) is 0 Å². The molecule has 2 aromatic carbocycles. The Hall–Kier alpha value is -1.71. The molecule has 0 spiro atoms. The molecule has 5 heteroatoms.